The largest absolute Gasteiger partial charge is 0.480 e. The molecule has 0 saturated carbocycles. The lowest BCUT2D eigenvalue weighted by atomic mass is 10.1. The average Bonchev–Trinajstić information content (AvgIpc) is 2.96. The number of aromatic nitrogens is 1. The van der Waals surface area contributed by atoms with E-state index in [0.29, 0.717) is 19.6 Å². The summed E-state index contributed by atoms with van der Waals surface area (Å²) < 4.78 is 4.92. The molecule has 1 aromatic carbocycles. The van der Waals surface area contributed by atoms with Gasteiger partial charge in [0.2, 0.25) is 5.91 Å². The van der Waals surface area contributed by atoms with Gasteiger partial charge in [-0.1, -0.05) is 6.07 Å². The molecule has 22 heavy (non-hydrogen) atoms. The second-order valence-corrected chi connectivity index (χ2v) is 5.10. The van der Waals surface area contributed by atoms with Crippen molar-refractivity contribution in [3.8, 4) is 0 Å². The number of rotatable bonds is 8. The van der Waals surface area contributed by atoms with Gasteiger partial charge in [0.05, 0.1) is 6.61 Å². The Morgan fingerprint density at radius 3 is 2.86 bits per heavy atom. The lowest BCUT2D eigenvalue weighted by Gasteiger charge is -2.20. The number of aliphatic carboxylic acids is 1. The predicted molar refractivity (Wildman–Crippen MR) is 82.7 cm³/mol. The molecular weight excluding hydrogens is 284 g/mol. The molecule has 0 aliphatic rings. The minimum Gasteiger partial charge on any atom is -0.480 e. The molecule has 0 aliphatic carbocycles. The number of nitrogens with one attached hydrogen (secondary N) is 1. The number of fused-ring (bicyclic) bond motifs is 1. The fourth-order valence-corrected chi connectivity index (χ4v) is 2.32. The van der Waals surface area contributed by atoms with E-state index in [9.17, 15) is 9.59 Å². The summed E-state index contributed by atoms with van der Waals surface area (Å²) in [7, 11) is 1.52. The smallest absolute Gasteiger partial charge is 0.323 e. The molecule has 6 nitrogen and oxygen atoms in total. The topological polar surface area (TPSA) is 82.6 Å². The van der Waals surface area contributed by atoms with E-state index in [-0.39, 0.29) is 18.9 Å². The summed E-state index contributed by atoms with van der Waals surface area (Å²) in [4.78, 5) is 27.4. The third kappa shape index (κ3) is 4.33. The molecule has 2 aromatic rings. The zero-order valence-corrected chi connectivity index (χ0v) is 12.5. The highest BCUT2D eigenvalue weighted by Crippen LogP contribution is 2.15. The zero-order valence-electron chi connectivity index (χ0n) is 12.5. The van der Waals surface area contributed by atoms with Crippen molar-refractivity contribution in [3.63, 3.8) is 0 Å². The SMILES string of the molecule is COCCN(CC(=O)O)C(=O)CCc1ccc2[nH]ccc2c1. The van der Waals surface area contributed by atoms with Crippen molar-refractivity contribution in [2.24, 2.45) is 0 Å². The number of hydrogen-bond donors (Lipinski definition) is 2. The summed E-state index contributed by atoms with van der Waals surface area (Å²) >= 11 is 0. The predicted octanol–water partition coefficient (Wildman–Crippen LogP) is 1.66. The van der Waals surface area contributed by atoms with Crippen molar-refractivity contribution in [3.05, 3.63) is 36.0 Å². The highest BCUT2D eigenvalue weighted by atomic mass is 16.5. The molecule has 1 aromatic heterocycles. The number of carboxylic acid groups (broad SMARTS) is 1. The number of aromatic amines is 1. The number of nitrogens with zero attached hydrogens (tertiary/aromatic N) is 1. The van der Waals surface area contributed by atoms with Crippen molar-refractivity contribution in [1.82, 2.24) is 9.88 Å². The second kappa shape index (κ2) is 7.61. The van der Waals surface area contributed by atoms with E-state index in [1.165, 1.54) is 12.0 Å². The molecule has 118 valence electrons. The third-order valence-electron chi connectivity index (χ3n) is 3.49. The van der Waals surface area contributed by atoms with E-state index >= 15 is 0 Å². The summed E-state index contributed by atoms with van der Waals surface area (Å²) in [5.74, 6) is -1.19. The minimum absolute atomic E-state index is 0.173. The molecular formula is C16H20N2O4. The van der Waals surface area contributed by atoms with Gasteiger partial charge in [-0.05, 0) is 35.6 Å². The fraction of sp³-hybridized carbons (Fsp3) is 0.375. The summed E-state index contributed by atoms with van der Waals surface area (Å²) in [6, 6.07) is 7.98. The zero-order chi connectivity index (χ0) is 15.9. The summed E-state index contributed by atoms with van der Waals surface area (Å²) in [6.45, 7) is 0.325. The van der Waals surface area contributed by atoms with Gasteiger partial charge in [-0.3, -0.25) is 9.59 Å². The lowest BCUT2D eigenvalue weighted by molar-refractivity contribution is -0.144. The molecule has 0 atom stereocenters. The first-order valence-electron chi connectivity index (χ1n) is 7.14. The number of aryl methyl sites for hydroxylation is 1. The number of methoxy groups -OCH3 is 1. The number of H-pyrrole nitrogens is 1. The Morgan fingerprint density at radius 1 is 1.32 bits per heavy atom. The number of hydrogen-bond acceptors (Lipinski definition) is 3. The van der Waals surface area contributed by atoms with Crippen molar-refractivity contribution >= 4 is 22.8 Å². The molecule has 0 aliphatic heterocycles. The number of ether oxygens (including phenoxy) is 1. The van der Waals surface area contributed by atoms with Crippen LogP contribution in [-0.2, 0) is 20.7 Å². The minimum atomic E-state index is -1.02. The first-order chi connectivity index (χ1) is 10.6. The number of carbonyl (C=O) groups is 2. The highest BCUT2D eigenvalue weighted by molar-refractivity contribution is 5.82. The van der Waals surface area contributed by atoms with E-state index in [4.69, 9.17) is 9.84 Å². The molecule has 2 rings (SSSR count). The van der Waals surface area contributed by atoms with E-state index < -0.39 is 5.97 Å². The standard InChI is InChI=1S/C16H20N2O4/c1-22-9-8-18(11-16(20)21)15(19)5-3-12-2-4-14-13(10-12)6-7-17-14/h2,4,6-7,10,17H,3,5,8-9,11H2,1H3,(H,20,21). The second-order valence-electron chi connectivity index (χ2n) is 5.10. The van der Waals surface area contributed by atoms with Crippen LogP contribution >= 0.6 is 0 Å². The Morgan fingerprint density at radius 2 is 2.14 bits per heavy atom. The van der Waals surface area contributed by atoms with Gasteiger partial charge in [0.25, 0.3) is 0 Å². The van der Waals surface area contributed by atoms with Crippen LogP contribution in [-0.4, -0.2) is 53.7 Å². The Bertz CT molecular complexity index is 650. The van der Waals surface area contributed by atoms with Crippen LogP contribution in [0.5, 0.6) is 0 Å². The first kappa shape index (κ1) is 16.0. The van der Waals surface area contributed by atoms with Crippen LogP contribution in [0.4, 0.5) is 0 Å². The number of benzene rings is 1. The molecule has 0 bridgehead atoms. The van der Waals surface area contributed by atoms with Crippen LogP contribution in [0.2, 0.25) is 0 Å². The number of amides is 1. The monoisotopic (exact) mass is 304 g/mol. The quantitative estimate of drug-likeness (QED) is 0.777. The van der Waals surface area contributed by atoms with Gasteiger partial charge in [0.15, 0.2) is 0 Å². The van der Waals surface area contributed by atoms with Gasteiger partial charge in [-0.2, -0.15) is 0 Å². The van der Waals surface area contributed by atoms with Crippen LogP contribution in [0, 0.1) is 0 Å². The molecule has 1 heterocycles. The number of carbonyl (C=O) groups excluding carboxylic acids is 1. The molecule has 2 N–H and O–H groups in total. The third-order valence-corrected chi connectivity index (χ3v) is 3.49. The Hall–Kier alpha value is -2.34. The van der Waals surface area contributed by atoms with E-state index in [2.05, 4.69) is 4.98 Å². The van der Waals surface area contributed by atoms with Gasteiger partial charge in [0, 0.05) is 31.8 Å². The Kier molecular flexibility index (Phi) is 5.55. The number of carboxylic acids is 1. The van der Waals surface area contributed by atoms with Gasteiger partial charge in [-0.25, -0.2) is 0 Å². The normalized spacial score (nSPS) is 10.8. The van der Waals surface area contributed by atoms with Crippen molar-refractivity contribution < 1.29 is 19.4 Å². The Labute approximate surface area is 128 Å². The van der Waals surface area contributed by atoms with Crippen LogP contribution in [0.1, 0.15) is 12.0 Å². The van der Waals surface area contributed by atoms with E-state index in [1.807, 2.05) is 30.5 Å². The van der Waals surface area contributed by atoms with Crippen LogP contribution in [0.15, 0.2) is 30.5 Å². The summed E-state index contributed by atoms with van der Waals surface area (Å²) in [6.07, 6.45) is 2.74. The maximum Gasteiger partial charge on any atom is 0.323 e. The van der Waals surface area contributed by atoms with Crippen LogP contribution in [0.25, 0.3) is 10.9 Å². The fourth-order valence-electron chi connectivity index (χ4n) is 2.32. The molecule has 0 unspecified atom stereocenters. The van der Waals surface area contributed by atoms with Gasteiger partial charge >= 0.3 is 5.97 Å². The van der Waals surface area contributed by atoms with Crippen LogP contribution in [0.3, 0.4) is 0 Å². The summed E-state index contributed by atoms with van der Waals surface area (Å²) in [5.41, 5.74) is 2.12. The van der Waals surface area contributed by atoms with Gasteiger partial charge < -0.3 is 19.7 Å². The maximum absolute atomic E-state index is 12.2. The van der Waals surface area contributed by atoms with E-state index in [0.717, 1.165) is 16.5 Å². The maximum atomic E-state index is 12.2. The average molecular weight is 304 g/mol. The molecule has 6 heteroatoms. The van der Waals surface area contributed by atoms with Crippen LogP contribution < -0.4 is 0 Å². The highest BCUT2D eigenvalue weighted by Gasteiger charge is 2.16. The summed E-state index contributed by atoms with van der Waals surface area (Å²) in [5, 5.41) is 9.98. The van der Waals surface area contributed by atoms with Crippen molar-refractivity contribution in [2.75, 3.05) is 26.8 Å². The Balaban J connectivity index is 1.94. The lowest BCUT2D eigenvalue weighted by Crippen LogP contribution is -2.38. The van der Waals surface area contributed by atoms with Crippen molar-refractivity contribution in [1.29, 1.82) is 0 Å². The molecule has 0 radical (unpaired) electrons. The van der Waals surface area contributed by atoms with Gasteiger partial charge in [0.1, 0.15) is 6.54 Å². The molecule has 1 amide bonds. The first-order valence-corrected chi connectivity index (χ1v) is 7.14. The van der Waals surface area contributed by atoms with Crippen molar-refractivity contribution in [2.45, 2.75) is 12.8 Å². The molecule has 0 spiro atoms. The van der Waals surface area contributed by atoms with Gasteiger partial charge in [-0.15, -0.1) is 0 Å². The molecule has 0 fully saturated rings. The van der Waals surface area contributed by atoms with E-state index in [1.54, 1.807) is 0 Å². The molecule has 0 saturated heterocycles.